The minimum Gasteiger partial charge on any atom is -0.308 e. The molecule has 1 aromatic carbocycles. The van der Waals surface area contributed by atoms with E-state index < -0.39 is 5.82 Å². The van der Waals surface area contributed by atoms with Crippen molar-refractivity contribution in [2.24, 2.45) is 5.84 Å². The minimum atomic E-state index is -0.433. The number of anilines is 1. The van der Waals surface area contributed by atoms with Gasteiger partial charge in [-0.3, -0.25) is 0 Å². The van der Waals surface area contributed by atoms with Crippen molar-refractivity contribution in [3.63, 3.8) is 0 Å². The number of rotatable bonds is 2. The van der Waals surface area contributed by atoms with Gasteiger partial charge in [0.2, 0.25) is 0 Å². The van der Waals surface area contributed by atoms with Crippen LogP contribution in [0, 0.1) is 5.82 Å². The number of nitrogens with two attached hydrogens (primary N) is 1. The summed E-state index contributed by atoms with van der Waals surface area (Å²) in [7, 11) is 0. The Balaban J connectivity index is 2.49. The zero-order chi connectivity index (χ0) is 11.5. The average molecular weight is 239 g/mol. The first-order valence-corrected chi connectivity index (χ1v) is 4.83. The molecule has 0 spiro atoms. The first-order valence-electron chi connectivity index (χ1n) is 4.45. The van der Waals surface area contributed by atoms with Crippen molar-refractivity contribution in [1.82, 2.24) is 9.97 Å². The second kappa shape index (κ2) is 4.42. The van der Waals surface area contributed by atoms with Crippen molar-refractivity contribution in [3.05, 3.63) is 41.3 Å². The second-order valence-corrected chi connectivity index (χ2v) is 3.50. The molecule has 2 aromatic rings. The number of nitrogens with one attached hydrogen (secondary N) is 1. The van der Waals surface area contributed by atoms with E-state index in [1.165, 1.54) is 18.3 Å². The van der Waals surface area contributed by atoms with E-state index in [2.05, 4.69) is 15.4 Å². The third-order valence-corrected chi connectivity index (χ3v) is 2.14. The Kier molecular flexibility index (Phi) is 2.98. The molecule has 0 aliphatic heterocycles. The standard InChI is InChI=1S/C10H8ClFN4/c11-7-3-6(4-8(12)5-7)10-14-2-1-9(15-10)16-13/h1-5H,13H2,(H,14,15,16). The molecule has 1 heterocycles. The summed E-state index contributed by atoms with van der Waals surface area (Å²) >= 11 is 5.74. The van der Waals surface area contributed by atoms with E-state index in [1.54, 1.807) is 12.1 Å². The fourth-order valence-electron chi connectivity index (χ4n) is 1.26. The van der Waals surface area contributed by atoms with Gasteiger partial charge in [0.15, 0.2) is 5.82 Å². The number of hydrogen-bond donors (Lipinski definition) is 2. The van der Waals surface area contributed by atoms with Crippen LogP contribution < -0.4 is 11.3 Å². The number of hydrogen-bond acceptors (Lipinski definition) is 4. The summed E-state index contributed by atoms with van der Waals surface area (Å²) < 4.78 is 13.1. The normalized spacial score (nSPS) is 10.2. The lowest BCUT2D eigenvalue weighted by atomic mass is 10.2. The Morgan fingerprint density at radius 2 is 2.12 bits per heavy atom. The summed E-state index contributed by atoms with van der Waals surface area (Å²) in [5.41, 5.74) is 2.89. The zero-order valence-electron chi connectivity index (χ0n) is 8.11. The summed E-state index contributed by atoms with van der Waals surface area (Å²) in [4.78, 5) is 8.08. The molecule has 2 rings (SSSR count). The molecule has 0 atom stereocenters. The Morgan fingerprint density at radius 3 is 2.81 bits per heavy atom. The summed E-state index contributed by atoms with van der Waals surface area (Å²) in [6.45, 7) is 0. The fraction of sp³-hybridized carbons (Fsp3) is 0. The predicted molar refractivity (Wildman–Crippen MR) is 60.2 cm³/mol. The molecule has 0 saturated heterocycles. The first-order chi connectivity index (χ1) is 7.69. The molecule has 1 aromatic heterocycles. The Morgan fingerprint density at radius 1 is 1.31 bits per heavy atom. The van der Waals surface area contributed by atoms with E-state index in [0.717, 1.165) is 0 Å². The predicted octanol–water partition coefficient (Wildman–Crippen LogP) is 2.22. The minimum absolute atomic E-state index is 0.296. The van der Waals surface area contributed by atoms with Crippen LogP contribution in [0.1, 0.15) is 0 Å². The molecule has 0 amide bonds. The van der Waals surface area contributed by atoms with Crippen LogP contribution >= 0.6 is 11.6 Å². The highest BCUT2D eigenvalue weighted by Gasteiger charge is 2.05. The molecular weight excluding hydrogens is 231 g/mol. The van der Waals surface area contributed by atoms with Crippen LogP contribution in [0.25, 0.3) is 11.4 Å². The van der Waals surface area contributed by atoms with E-state index >= 15 is 0 Å². The molecule has 0 fully saturated rings. The maximum absolute atomic E-state index is 13.1. The van der Waals surface area contributed by atoms with Gasteiger partial charge in [-0.2, -0.15) is 0 Å². The van der Waals surface area contributed by atoms with Gasteiger partial charge in [0.1, 0.15) is 11.6 Å². The van der Waals surface area contributed by atoms with E-state index in [4.69, 9.17) is 17.4 Å². The van der Waals surface area contributed by atoms with E-state index in [1.807, 2.05) is 0 Å². The zero-order valence-corrected chi connectivity index (χ0v) is 8.87. The van der Waals surface area contributed by atoms with Gasteiger partial charge < -0.3 is 5.43 Å². The van der Waals surface area contributed by atoms with Gasteiger partial charge in [-0.1, -0.05) is 11.6 Å². The molecule has 16 heavy (non-hydrogen) atoms. The molecule has 82 valence electrons. The largest absolute Gasteiger partial charge is 0.308 e. The monoisotopic (exact) mass is 238 g/mol. The van der Waals surface area contributed by atoms with Crippen LogP contribution in [0.5, 0.6) is 0 Å². The molecule has 3 N–H and O–H groups in total. The topological polar surface area (TPSA) is 63.8 Å². The molecular formula is C10H8ClFN4. The molecule has 6 heteroatoms. The highest BCUT2D eigenvalue weighted by molar-refractivity contribution is 6.30. The molecule has 4 nitrogen and oxygen atoms in total. The van der Waals surface area contributed by atoms with Crippen molar-refractivity contribution in [2.75, 3.05) is 5.43 Å². The van der Waals surface area contributed by atoms with Gasteiger partial charge in [-0.15, -0.1) is 0 Å². The number of hydrazine groups is 1. The smallest absolute Gasteiger partial charge is 0.161 e. The maximum atomic E-state index is 13.1. The lowest BCUT2D eigenvalue weighted by Crippen LogP contribution is -2.09. The van der Waals surface area contributed by atoms with Crippen molar-refractivity contribution in [1.29, 1.82) is 0 Å². The first kappa shape index (κ1) is 10.8. The second-order valence-electron chi connectivity index (χ2n) is 3.07. The summed E-state index contributed by atoms with van der Waals surface area (Å²) in [6.07, 6.45) is 1.52. The number of benzene rings is 1. The van der Waals surface area contributed by atoms with E-state index in [0.29, 0.717) is 22.2 Å². The van der Waals surface area contributed by atoms with Gasteiger partial charge in [0, 0.05) is 22.8 Å². The van der Waals surface area contributed by atoms with Crippen LogP contribution in [-0.2, 0) is 0 Å². The number of halogens is 2. The van der Waals surface area contributed by atoms with Gasteiger partial charge in [0.25, 0.3) is 0 Å². The van der Waals surface area contributed by atoms with Crippen molar-refractivity contribution in [2.45, 2.75) is 0 Å². The Labute approximate surface area is 96.3 Å². The Bertz CT molecular complexity index is 498. The molecule has 0 unspecified atom stereocenters. The summed E-state index contributed by atoms with van der Waals surface area (Å²) in [5, 5.41) is 0.296. The molecule has 0 radical (unpaired) electrons. The van der Waals surface area contributed by atoms with Crippen LogP contribution in [0.3, 0.4) is 0 Å². The average Bonchev–Trinajstić information content (AvgIpc) is 2.28. The third-order valence-electron chi connectivity index (χ3n) is 1.92. The maximum Gasteiger partial charge on any atom is 0.161 e. The molecule has 0 saturated carbocycles. The number of nitrogen functional groups attached to an aromatic ring is 1. The Hall–Kier alpha value is -1.72. The van der Waals surface area contributed by atoms with E-state index in [-0.39, 0.29) is 0 Å². The molecule has 0 aliphatic carbocycles. The van der Waals surface area contributed by atoms with Crippen LogP contribution in [-0.4, -0.2) is 9.97 Å². The number of nitrogens with zero attached hydrogens (tertiary/aromatic N) is 2. The summed E-state index contributed by atoms with van der Waals surface area (Å²) in [6, 6.07) is 5.71. The lowest BCUT2D eigenvalue weighted by molar-refractivity contribution is 0.628. The van der Waals surface area contributed by atoms with E-state index in [9.17, 15) is 4.39 Å². The van der Waals surface area contributed by atoms with Crippen molar-refractivity contribution in [3.8, 4) is 11.4 Å². The highest BCUT2D eigenvalue weighted by Crippen LogP contribution is 2.21. The fourth-order valence-corrected chi connectivity index (χ4v) is 1.48. The highest BCUT2D eigenvalue weighted by atomic mass is 35.5. The van der Waals surface area contributed by atoms with Crippen LogP contribution in [0.2, 0.25) is 5.02 Å². The molecule has 0 aliphatic rings. The van der Waals surface area contributed by atoms with Gasteiger partial charge in [0.05, 0.1) is 0 Å². The van der Waals surface area contributed by atoms with Crippen molar-refractivity contribution >= 4 is 17.4 Å². The van der Waals surface area contributed by atoms with Crippen molar-refractivity contribution < 1.29 is 4.39 Å². The van der Waals surface area contributed by atoms with Crippen LogP contribution in [0.4, 0.5) is 10.2 Å². The van der Waals surface area contributed by atoms with Gasteiger partial charge in [-0.25, -0.2) is 20.2 Å². The molecule has 0 bridgehead atoms. The SMILES string of the molecule is NNc1ccnc(-c2cc(F)cc(Cl)c2)n1. The van der Waals surface area contributed by atoms with Gasteiger partial charge in [-0.05, 0) is 18.2 Å². The lowest BCUT2D eigenvalue weighted by Gasteiger charge is -2.03. The quantitative estimate of drug-likeness (QED) is 0.622. The van der Waals surface area contributed by atoms with Crippen LogP contribution in [0.15, 0.2) is 30.5 Å². The third kappa shape index (κ3) is 2.26. The number of aromatic nitrogens is 2. The summed E-state index contributed by atoms with van der Waals surface area (Å²) in [5.74, 6) is 5.59. The van der Waals surface area contributed by atoms with Gasteiger partial charge >= 0.3 is 0 Å².